The van der Waals surface area contributed by atoms with Crippen molar-refractivity contribution in [2.24, 2.45) is 0 Å². The van der Waals surface area contributed by atoms with Crippen molar-refractivity contribution in [1.82, 2.24) is 14.3 Å². The van der Waals surface area contributed by atoms with E-state index in [0.717, 1.165) is 38.0 Å². The minimum Gasteiger partial charge on any atom is -0.288 e. The van der Waals surface area contributed by atoms with E-state index in [1.165, 1.54) is 5.56 Å². The Morgan fingerprint density at radius 1 is 1.00 bits per heavy atom. The Bertz CT molecular complexity index is 1200. The summed E-state index contributed by atoms with van der Waals surface area (Å²) >= 11 is 3.51. The number of rotatable bonds is 3. The second-order valence-electron chi connectivity index (χ2n) is 6.91. The molecule has 0 saturated carbocycles. The highest BCUT2D eigenvalue weighted by molar-refractivity contribution is 9.10. The van der Waals surface area contributed by atoms with Gasteiger partial charge in [0.2, 0.25) is 0 Å². The van der Waals surface area contributed by atoms with Crippen molar-refractivity contribution in [2.75, 3.05) is 0 Å². The van der Waals surface area contributed by atoms with Gasteiger partial charge in [-0.3, -0.25) is 9.36 Å². The fourth-order valence-electron chi connectivity index (χ4n) is 3.50. The van der Waals surface area contributed by atoms with Gasteiger partial charge < -0.3 is 0 Å². The molecule has 27 heavy (non-hydrogen) atoms. The molecule has 0 radical (unpaired) electrons. The maximum atomic E-state index is 12.9. The number of halogens is 1. The normalized spacial score (nSPS) is 11.3. The number of nitrogens with zero attached hydrogens (tertiary/aromatic N) is 3. The molecule has 5 heteroatoms. The number of pyridine rings is 1. The summed E-state index contributed by atoms with van der Waals surface area (Å²) in [6, 6.07) is 17.9. The third kappa shape index (κ3) is 3.23. The van der Waals surface area contributed by atoms with Crippen molar-refractivity contribution in [3.63, 3.8) is 0 Å². The zero-order valence-electron chi connectivity index (χ0n) is 15.5. The monoisotopic (exact) mass is 421 g/mol. The summed E-state index contributed by atoms with van der Waals surface area (Å²) in [5.74, 6) is 0. The van der Waals surface area contributed by atoms with Crippen molar-refractivity contribution >= 4 is 27.0 Å². The molecule has 0 bridgehead atoms. The van der Waals surface area contributed by atoms with Crippen LogP contribution in [0.3, 0.4) is 0 Å². The molecule has 0 aliphatic heterocycles. The summed E-state index contributed by atoms with van der Waals surface area (Å²) < 4.78 is 4.69. The fraction of sp³-hybridized carbons (Fsp3) is 0.182. The van der Waals surface area contributed by atoms with E-state index in [9.17, 15) is 4.79 Å². The molecule has 2 aromatic carbocycles. The second kappa shape index (κ2) is 6.82. The molecule has 0 aliphatic carbocycles. The van der Waals surface area contributed by atoms with Crippen molar-refractivity contribution < 1.29 is 0 Å². The van der Waals surface area contributed by atoms with Crippen LogP contribution >= 0.6 is 15.9 Å². The first kappa shape index (κ1) is 17.7. The molecular formula is C22H20BrN3O. The lowest BCUT2D eigenvalue weighted by Crippen LogP contribution is -2.22. The topological polar surface area (TPSA) is 39.8 Å². The van der Waals surface area contributed by atoms with Gasteiger partial charge in [0.25, 0.3) is 5.56 Å². The molecule has 0 fully saturated rings. The summed E-state index contributed by atoms with van der Waals surface area (Å²) in [6.45, 7) is 6.52. The van der Waals surface area contributed by atoms with Gasteiger partial charge in [-0.15, -0.1) is 0 Å². The number of benzene rings is 2. The van der Waals surface area contributed by atoms with Crippen molar-refractivity contribution in [2.45, 2.75) is 27.3 Å². The molecule has 2 heterocycles. The fourth-order valence-corrected chi connectivity index (χ4v) is 3.95. The van der Waals surface area contributed by atoms with Crippen LogP contribution in [-0.2, 0) is 6.54 Å². The van der Waals surface area contributed by atoms with E-state index in [1.54, 1.807) is 6.07 Å². The Labute approximate surface area is 166 Å². The lowest BCUT2D eigenvalue weighted by Gasteiger charge is -2.13. The highest BCUT2D eigenvalue weighted by Gasteiger charge is 2.17. The lowest BCUT2D eigenvalue weighted by atomic mass is 10.1. The van der Waals surface area contributed by atoms with Crippen molar-refractivity contribution in [1.29, 1.82) is 0 Å². The molecule has 4 nitrogen and oxygen atoms in total. The molecule has 0 aliphatic rings. The minimum atomic E-state index is -0.0202. The average molecular weight is 422 g/mol. The maximum absolute atomic E-state index is 12.9. The van der Waals surface area contributed by atoms with Crippen LogP contribution in [0.1, 0.15) is 22.4 Å². The van der Waals surface area contributed by atoms with Crippen LogP contribution in [0.4, 0.5) is 0 Å². The highest BCUT2D eigenvalue weighted by atomic mass is 79.9. The third-order valence-corrected chi connectivity index (χ3v) is 5.29. The van der Waals surface area contributed by atoms with E-state index in [4.69, 9.17) is 5.10 Å². The van der Waals surface area contributed by atoms with E-state index in [0.29, 0.717) is 6.54 Å². The first-order valence-corrected chi connectivity index (χ1v) is 9.64. The van der Waals surface area contributed by atoms with Crippen LogP contribution in [0, 0.1) is 20.8 Å². The number of aryl methyl sites for hydroxylation is 3. The second-order valence-corrected chi connectivity index (χ2v) is 7.83. The van der Waals surface area contributed by atoms with Crippen LogP contribution < -0.4 is 5.56 Å². The highest BCUT2D eigenvalue weighted by Crippen LogP contribution is 2.25. The van der Waals surface area contributed by atoms with Gasteiger partial charge in [0.05, 0.1) is 17.9 Å². The van der Waals surface area contributed by atoms with Crippen LogP contribution in [0.2, 0.25) is 0 Å². The van der Waals surface area contributed by atoms with E-state index in [2.05, 4.69) is 35.0 Å². The Hall–Kier alpha value is -2.66. The van der Waals surface area contributed by atoms with Gasteiger partial charge in [-0.25, -0.2) is 4.68 Å². The van der Waals surface area contributed by atoms with Crippen molar-refractivity contribution in [3.05, 3.63) is 91.8 Å². The van der Waals surface area contributed by atoms with Gasteiger partial charge in [-0.05, 0) is 56.2 Å². The number of hydrogen-bond donors (Lipinski definition) is 0. The predicted octanol–water partition coefficient (Wildman–Crippen LogP) is 4.92. The zero-order chi connectivity index (χ0) is 19.1. The number of aromatic nitrogens is 3. The largest absolute Gasteiger partial charge is 0.288 e. The molecule has 0 N–H and O–H groups in total. The third-order valence-electron chi connectivity index (χ3n) is 4.80. The van der Waals surface area contributed by atoms with Gasteiger partial charge in [-0.2, -0.15) is 5.10 Å². The Morgan fingerprint density at radius 3 is 2.44 bits per heavy atom. The summed E-state index contributed by atoms with van der Waals surface area (Å²) in [7, 11) is 0. The molecule has 136 valence electrons. The predicted molar refractivity (Wildman–Crippen MR) is 113 cm³/mol. The minimum absolute atomic E-state index is 0.0202. The molecule has 2 aromatic heterocycles. The lowest BCUT2D eigenvalue weighted by molar-refractivity contribution is 0.750. The van der Waals surface area contributed by atoms with E-state index in [-0.39, 0.29) is 5.56 Å². The molecule has 0 amide bonds. The van der Waals surface area contributed by atoms with Crippen molar-refractivity contribution in [3.8, 4) is 5.69 Å². The van der Waals surface area contributed by atoms with E-state index >= 15 is 0 Å². The number of fused-ring (bicyclic) bond motifs is 1. The Balaban J connectivity index is 2.00. The smallest absolute Gasteiger partial charge is 0.252 e. The van der Waals surface area contributed by atoms with Crippen LogP contribution in [-0.4, -0.2) is 14.3 Å². The molecule has 0 atom stereocenters. The summed E-state index contributed by atoms with van der Waals surface area (Å²) in [4.78, 5) is 12.9. The van der Waals surface area contributed by atoms with Gasteiger partial charge in [0, 0.05) is 15.9 Å². The van der Waals surface area contributed by atoms with Gasteiger partial charge in [-0.1, -0.05) is 45.8 Å². The van der Waals surface area contributed by atoms with Gasteiger partial charge >= 0.3 is 0 Å². The van der Waals surface area contributed by atoms with Crippen LogP contribution in [0.15, 0.2) is 63.9 Å². The van der Waals surface area contributed by atoms with Gasteiger partial charge in [0.1, 0.15) is 5.65 Å². The summed E-state index contributed by atoms with van der Waals surface area (Å²) in [6.07, 6.45) is 0. The van der Waals surface area contributed by atoms with E-state index in [1.807, 2.05) is 59.5 Å². The van der Waals surface area contributed by atoms with E-state index < -0.39 is 0 Å². The maximum Gasteiger partial charge on any atom is 0.252 e. The molecule has 0 saturated heterocycles. The Kier molecular flexibility index (Phi) is 4.48. The quantitative estimate of drug-likeness (QED) is 0.470. The average Bonchev–Trinajstić information content (AvgIpc) is 2.97. The first-order chi connectivity index (χ1) is 12.9. The van der Waals surface area contributed by atoms with Crippen LogP contribution in [0.25, 0.3) is 16.7 Å². The van der Waals surface area contributed by atoms with Crippen LogP contribution in [0.5, 0.6) is 0 Å². The molecule has 4 aromatic rings. The zero-order valence-corrected chi connectivity index (χ0v) is 17.1. The molecule has 0 spiro atoms. The standard InChI is InChI=1S/C22H20BrN3O/c1-14-7-9-19(10-8-14)26-22-21(16(3)24-26)15(2)11-20(27)25(22)13-17-5-4-6-18(23)12-17/h4-12H,13H2,1-3H3. The first-order valence-electron chi connectivity index (χ1n) is 8.85. The number of hydrogen-bond acceptors (Lipinski definition) is 2. The molecular weight excluding hydrogens is 402 g/mol. The molecule has 4 rings (SSSR count). The van der Waals surface area contributed by atoms with Gasteiger partial charge in [0.15, 0.2) is 0 Å². The summed E-state index contributed by atoms with van der Waals surface area (Å²) in [5, 5.41) is 5.79. The SMILES string of the molecule is Cc1ccc(-n2nc(C)c3c(C)cc(=O)n(Cc4cccc(Br)c4)c32)cc1. The molecule has 0 unspecified atom stereocenters. The summed E-state index contributed by atoms with van der Waals surface area (Å²) in [5.41, 5.74) is 5.89. The Morgan fingerprint density at radius 2 is 1.74 bits per heavy atom.